The van der Waals surface area contributed by atoms with Crippen LogP contribution in [0.15, 0.2) is 28.0 Å². The molecule has 1 aromatic rings. The lowest BCUT2D eigenvalue weighted by molar-refractivity contribution is -0.108. The summed E-state index contributed by atoms with van der Waals surface area (Å²) in [4.78, 5) is 21.3. The third-order valence-electron chi connectivity index (χ3n) is 1.66. The molecule has 0 saturated heterocycles. The number of aromatic nitrogens is 1. The molecule has 6 heteroatoms. The number of sulfone groups is 1. The van der Waals surface area contributed by atoms with Gasteiger partial charge in [0.2, 0.25) is 0 Å². The normalized spacial score (nSPS) is 11.2. The van der Waals surface area contributed by atoms with Gasteiger partial charge in [0.1, 0.15) is 6.29 Å². The van der Waals surface area contributed by atoms with E-state index in [1.165, 1.54) is 6.07 Å². The molecule has 0 fully saturated rings. The van der Waals surface area contributed by atoms with E-state index in [1.807, 2.05) is 0 Å². The second-order valence-electron chi connectivity index (χ2n) is 2.79. The molecule has 0 atom stereocenters. The first-order valence-corrected chi connectivity index (χ1v) is 5.68. The van der Waals surface area contributed by atoms with Gasteiger partial charge in [-0.15, -0.1) is 0 Å². The van der Waals surface area contributed by atoms with E-state index < -0.39 is 15.4 Å². The van der Waals surface area contributed by atoms with Gasteiger partial charge in [0, 0.05) is 18.5 Å². The van der Waals surface area contributed by atoms with E-state index in [1.54, 1.807) is 0 Å². The van der Waals surface area contributed by atoms with Crippen LogP contribution in [0, 0.1) is 0 Å². The Labute approximate surface area is 80.9 Å². The number of hydrogen-bond donors (Lipinski definition) is 0. The molecule has 1 heterocycles. The highest BCUT2D eigenvalue weighted by molar-refractivity contribution is 7.90. The predicted molar refractivity (Wildman–Crippen MR) is 49.9 cm³/mol. The fourth-order valence-corrected chi connectivity index (χ4v) is 1.59. The molecule has 0 aliphatic carbocycles. The highest BCUT2D eigenvalue weighted by atomic mass is 32.2. The first kappa shape index (κ1) is 10.6. The minimum Gasteiger partial charge on any atom is -0.307 e. The van der Waals surface area contributed by atoms with Crippen molar-refractivity contribution in [2.45, 2.75) is 11.4 Å². The zero-order valence-electron chi connectivity index (χ0n) is 7.50. The lowest BCUT2D eigenvalue weighted by atomic mass is 10.4. The van der Waals surface area contributed by atoms with E-state index >= 15 is 0 Å². The van der Waals surface area contributed by atoms with Crippen LogP contribution >= 0.6 is 0 Å². The van der Waals surface area contributed by atoms with Crippen LogP contribution in [0.4, 0.5) is 0 Å². The first-order chi connectivity index (χ1) is 6.45. The maximum absolute atomic E-state index is 11.1. The van der Waals surface area contributed by atoms with Crippen molar-refractivity contribution in [2.24, 2.45) is 0 Å². The third kappa shape index (κ3) is 2.29. The molecule has 0 spiro atoms. The minimum absolute atomic E-state index is 0.0268. The summed E-state index contributed by atoms with van der Waals surface area (Å²) in [5.74, 6) is 0. The van der Waals surface area contributed by atoms with Crippen LogP contribution in [0.3, 0.4) is 0 Å². The molecule has 0 radical (unpaired) electrons. The van der Waals surface area contributed by atoms with Crippen LogP contribution in [0.1, 0.15) is 0 Å². The van der Waals surface area contributed by atoms with Crippen molar-refractivity contribution in [1.82, 2.24) is 4.57 Å². The summed E-state index contributed by atoms with van der Waals surface area (Å²) in [6.07, 6.45) is 2.73. The molecule has 14 heavy (non-hydrogen) atoms. The Morgan fingerprint density at radius 3 is 2.57 bits per heavy atom. The number of carbonyl (C=O) groups excluding carboxylic acids is 1. The smallest absolute Gasteiger partial charge is 0.250 e. The van der Waals surface area contributed by atoms with Gasteiger partial charge in [-0.3, -0.25) is 4.79 Å². The monoisotopic (exact) mass is 215 g/mol. The molecule has 0 bridgehead atoms. The predicted octanol–water partition coefficient (Wildman–Crippen LogP) is -0.549. The SMILES string of the molecule is CS(=O)(=O)c1ccc(=O)n(CC=O)c1. The van der Waals surface area contributed by atoms with Crippen molar-refractivity contribution < 1.29 is 13.2 Å². The fourth-order valence-electron chi connectivity index (χ4n) is 0.952. The number of nitrogens with zero attached hydrogens (tertiary/aromatic N) is 1. The van der Waals surface area contributed by atoms with E-state index in [0.717, 1.165) is 23.1 Å². The Morgan fingerprint density at radius 2 is 2.07 bits per heavy atom. The highest BCUT2D eigenvalue weighted by Crippen LogP contribution is 2.04. The zero-order chi connectivity index (χ0) is 10.8. The van der Waals surface area contributed by atoms with Gasteiger partial charge in [-0.05, 0) is 6.07 Å². The molecular formula is C8H9NO4S. The van der Waals surface area contributed by atoms with Gasteiger partial charge in [0.15, 0.2) is 9.84 Å². The van der Waals surface area contributed by atoms with Crippen molar-refractivity contribution in [1.29, 1.82) is 0 Å². The number of hydrogen-bond acceptors (Lipinski definition) is 4. The summed E-state index contributed by atoms with van der Waals surface area (Å²) in [6, 6.07) is 2.35. The number of aldehydes is 1. The molecule has 0 amide bonds. The van der Waals surface area contributed by atoms with E-state index in [9.17, 15) is 18.0 Å². The molecule has 0 saturated carbocycles. The Hall–Kier alpha value is -1.43. The van der Waals surface area contributed by atoms with Crippen LogP contribution in [0.2, 0.25) is 0 Å². The van der Waals surface area contributed by atoms with Gasteiger partial charge in [-0.2, -0.15) is 0 Å². The zero-order valence-corrected chi connectivity index (χ0v) is 8.32. The van der Waals surface area contributed by atoms with Crippen molar-refractivity contribution in [3.8, 4) is 0 Å². The van der Waals surface area contributed by atoms with Crippen LogP contribution in [0.5, 0.6) is 0 Å². The fraction of sp³-hybridized carbons (Fsp3) is 0.250. The molecule has 0 aromatic carbocycles. The minimum atomic E-state index is -3.34. The topological polar surface area (TPSA) is 73.2 Å². The summed E-state index contributed by atoms with van der Waals surface area (Å²) in [7, 11) is -3.34. The Kier molecular flexibility index (Phi) is 2.85. The van der Waals surface area contributed by atoms with Gasteiger partial charge in [-0.1, -0.05) is 0 Å². The van der Waals surface area contributed by atoms with Gasteiger partial charge in [0.25, 0.3) is 5.56 Å². The van der Waals surface area contributed by atoms with Crippen molar-refractivity contribution in [2.75, 3.05) is 6.26 Å². The molecule has 1 rings (SSSR count). The summed E-state index contributed by atoms with van der Waals surface area (Å²) in [5, 5.41) is 0. The van der Waals surface area contributed by atoms with Gasteiger partial charge in [0.05, 0.1) is 11.4 Å². The van der Waals surface area contributed by atoms with E-state index in [4.69, 9.17) is 0 Å². The van der Waals surface area contributed by atoms with Crippen LogP contribution in [-0.4, -0.2) is 25.5 Å². The number of carbonyl (C=O) groups is 1. The van der Waals surface area contributed by atoms with Crippen molar-refractivity contribution in [3.05, 3.63) is 28.7 Å². The summed E-state index contributed by atoms with van der Waals surface area (Å²) < 4.78 is 23.2. The van der Waals surface area contributed by atoms with E-state index in [-0.39, 0.29) is 11.4 Å². The molecule has 76 valence electrons. The molecule has 0 unspecified atom stereocenters. The maximum Gasteiger partial charge on any atom is 0.250 e. The number of rotatable bonds is 3. The average Bonchev–Trinajstić information content (AvgIpc) is 2.07. The lowest BCUT2D eigenvalue weighted by Crippen LogP contribution is -2.20. The van der Waals surface area contributed by atoms with E-state index in [2.05, 4.69) is 0 Å². The largest absolute Gasteiger partial charge is 0.307 e. The molecule has 0 aliphatic rings. The second-order valence-corrected chi connectivity index (χ2v) is 4.81. The summed E-state index contributed by atoms with van der Waals surface area (Å²) in [6.45, 7) is -0.137. The van der Waals surface area contributed by atoms with Crippen LogP contribution in [0.25, 0.3) is 0 Å². The molecule has 0 aliphatic heterocycles. The molecule has 0 N–H and O–H groups in total. The Morgan fingerprint density at radius 1 is 1.43 bits per heavy atom. The average molecular weight is 215 g/mol. The van der Waals surface area contributed by atoms with Crippen LogP contribution in [-0.2, 0) is 21.2 Å². The Balaban J connectivity index is 3.33. The van der Waals surface area contributed by atoms with E-state index in [0.29, 0.717) is 6.29 Å². The van der Waals surface area contributed by atoms with Crippen LogP contribution < -0.4 is 5.56 Å². The molecule has 5 nitrogen and oxygen atoms in total. The second kappa shape index (κ2) is 3.75. The summed E-state index contributed by atoms with van der Waals surface area (Å²) in [5.41, 5.74) is -0.399. The summed E-state index contributed by atoms with van der Waals surface area (Å²) >= 11 is 0. The quantitative estimate of drug-likeness (QED) is 0.634. The highest BCUT2D eigenvalue weighted by Gasteiger charge is 2.08. The van der Waals surface area contributed by atoms with Gasteiger partial charge in [-0.25, -0.2) is 8.42 Å². The lowest BCUT2D eigenvalue weighted by Gasteiger charge is -2.02. The van der Waals surface area contributed by atoms with Crippen molar-refractivity contribution in [3.63, 3.8) is 0 Å². The molecular weight excluding hydrogens is 206 g/mol. The first-order valence-electron chi connectivity index (χ1n) is 3.79. The van der Waals surface area contributed by atoms with Gasteiger partial charge >= 0.3 is 0 Å². The Bertz CT molecular complexity index is 500. The van der Waals surface area contributed by atoms with Gasteiger partial charge < -0.3 is 9.36 Å². The van der Waals surface area contributed by atoms with Crippen molar-refractivity contribution >= 4 is 16.1 Å². The third-order valence-corrected chi connectivity index (χ3v) is 2.75. The number of pyridine rings is 1. The standard InChI is InChI=1S/C8H9NO4S/c1-14(12,13)7-2-3-8(11)9(6-7)4-5-10/h2-3,5-6H,4H2,1H3. The maximum atomic E-state index is 11.1. The molecule has 1 aromatic heterocycles.